The summed E-state index contributed by atoms with van der Waals surface area (Å²) in [5.41, 5.74) is 0.383. The van der Waals surface area contributed by atoms with Crippen LogP contribution in [0.25, 0.3) is 0 Å². The van der Waals surface area contributed by atoms with E-state index in [1.54, 1.807) is 17.1 Å². The van der Waals surface area contributed by atoms with Crippen molar-refractivity contribution in [2.24, 2.45) is 7.05 Å². The first-order chi connectivity index (χ1) is 7.66. The zero-order valence-corrected chi connectivity index (χ0v) is 9.01. The molecule has 2 heterocycles. The number of nitrogens with zero attached hydrogens (tertiary/aromatic N) is 4. The van der Waals surface area contributed by atoms with Crippen LogP contribution in [-0.4, -0.2) is 30.6 Å². The Labute approximate surface area is 91.9 Å². The fourth-order valence-corrected chi connectivity index (χ4v) is 1.29. The third-order valence-electron chi connectivity index (χ3n) is 2.13. The van der Waals surface area contributed by atoms with Crippen LogP contribution in [0.5, 0.6) is 0 Å². The van der Waals surface area contributed by atoms with E-state index in [9.17, 15) is 4.79 Å². The number of aromatic nitrogens is 5. The third-order valence-corrected chi connectivity index (χ3v) is 2.13. The van der Waals surface area contributed by atoms with Crippen molar-refractivity contribution in [1.82, 2.24) is 30.0 Å². The molecule has 1 unspecified atom stereocenters. The Morgan fingerprint density at radius 1 is 1.56 bits per heavy atom. The molecule has 0 fully saturated rings. The minimum Gasteiger partial charge on any atom is -0.341 e. The number of amides is 1. The first-order valence-electron chi connectivity index (χ1n) is 4.81. The van der Waals surface area contributed by atoms with Gasteiger partial charge in [0.1, 0.15) is 17.8 Å². The van der Waals surface area contributed by atoms with Gasteiger partial charge in [0.15, 0.2) is 0 Å². The molecule has 1 amide bonds. The highest BCUT2D eigenvalue weighted by atomic mass is 16.2. The van der Waals surface area contributed by atoms with Crippen LogP contribution < -0.4 is 5.32 Å². The average Bonchev–Trinajstić information content (AvgIpc) is 2.87. The minimum atomic E-state index is -0.232. The maximum absolute atomic E-state index is 11.7. The molecule has 0 aliphatic carbocycles. The van der Waals surface area contributed by atoms with Crippen LogP contribution in [0, 0.1) is 0 Å². The number of aryl methyl sites for hydroxylation is 1. The monoisotopic (exact) mass is 220 g/mol. The summed E-state index contributed by atoms with van der Waals surface area (Å²) < 4.78 is 1.72. The van der Waals surface area contributed by atoms with Crippen LogP contribution in [0.15, 0.2) is 18.9 Å². The van der Waals surface area contributed by atoms with Gasteiger partial charge in [0.25, 0.3) is 5.91 Å². The quantitative estimate of drug-likeness (QED) is 0.763. The lowest BCUT2D eigenvalue weighted by molar-refractivity contribution is 0.0933. The highest BCUT2D eigenvalue weighted by molar-refractivity contribution is 5.92. The second kappa shape index (κ2) is 4.13. The Morgan fingerprint density at radius 2 is 2.38 bits per heavy atom. The predicted molar refractivity (Wildman–Crippen MR) is 55.5 cm³/mol. The number of rotatable bonds is 3. The predicted octanol–water partition coefficient (Wildman–Crippen LogP) is 0.0292. The molecule has 1 atom stereocenters. The highest BCUT2D eigenvalue weighted by Crippen LogP contribution is 2.05. The van der Waals surface area contributed by atoms with Crippen molar-refractivity contribution >= 4 is 5.91 Å². The summed E-state index contributed by atoms with van der Waals surface area (Å²) in [7, 11) is 1.81. The molecule has 2 rings (SSSR count). The molecule has 2 N–H and O–H groups in total. The summed E-state index contributed by atoms with van der Waals surface area (Å²) in [6, 6.07) is -0.225. The van der Waals surface area contributed by atoms with E-state index in [1.165, 1.54) is 6.33 Å². The average molecular weight is 220 g/mol. The van der Waals surface area contributed by atoms with Crippen LogP contribution in [0.2, 0.25) is 0 Å². The number of hydrogen-bond donors (Lipinski definition) is 2. The molecule has 16 heavy (non-hydrogen) atoms. The van der Waals surface area contributed by atoms with Gasteiger partial charge in [-0.2, -0.15) is 5.10 Å². The fraction of sp³-hybridized carbons (Fsp3) is 0.333. The van der Waals surface area contributed by atoms with E-state index in [2.05, 4.69) is 25.5 Å². The molecule has 84 valence electrons. The Morgan fingerprint density at radius 3 is 2.94 bits per heavy atom. The molecule has 0 spiro atoms. The summed E-state index contributed by atoms with van der Waals surface area (Å²) in [5, 5.41) is 9.18. The summed E-state index contributed by atoms with van der Waals surface area (Å²) in [6.45, 7) is 1.82. The molecule has 2 aromatic heterocycles. The lowest BCUT2D eigenvalue weighted by Gasteiger charge is -2.09. The third kappa shape index (κ3) is 2.08. The standard InChI is InChI=1S/C9H12N6O/c1-6(8-10-4-12-14-8)13-9(16)7-3-15(2)5-11-7/h3-6H,1-2H3,(H,13,16)(H,10,12,14). The molecule has 0 aliphatic heterocycles. The molecule has 0 saturated carbocycles. The van der Waals surface area contributed by atoms with E-state index in [1.807, 2.05) is 14.0 Å². The van der Waals surface area contributed by atoms with Crippen molar-refractivity contribution < 1.29 is 4.79 Å². The SMILES string of the molecule is CC(NC(=O)c1cn(C)cn1)c1ncn[nH]1. The first kappa shape index (κ1) is 10.3. The van der Waals surface area contributed by atoms with E-state index < -0.39 is 0 Å². The molecular formula is C9H12N6O. The van der Waals surface area contributed by atoms with Crippen LogP contribution in [0.1, 0.15) is 29.3 Å². The summed E-state index contributed by atoms with van der Waals surface area (Å²) in [4.78, 5) is 19.6. The van der Waals surface area contributed by atoms with E-state index in [0.29, 0.717) is 11.5 Å². The minimum absolute atomic E-state index is 0.225. The van der Waals surface area contributed by atoms with Gasteiger partial charge in [0, 0.05) is 13.2 Å². The molecule has 7 nitrogen and oxygen atoms in total. The molecule has 0 saturated heterocycles. The maximum Gasteiger partial charge on any atom is 0.272 e. The molecule has 2 aromatic rings. The van der Waals surface area contributed by atoms with Gasteiger partial charge in [0.05, 0.1) is 12.4 Å². The summed E-state index contributed by atoms with van der Waals surface area (Å²) in [6.07, 6.45) is 4.63. The second-order valence-electron chi connectivity index (χ2n) is 3.49. The number of nitrogens with one attached hydrogen (secondary N) is 2. The molecule has 7 heteroatoms. The van der Waals surface area contributed by atoms with Crippen molar-refractivity contribution in [1.29, 1.82) is 0 Å². The Balaban J connectivity index is 2.03. The maximum atomic E-state index is 11.7. The van der Waals surface area contributed by atoms with Gasteiger partial charge in [-0.3, -0.25) is 9.89 Å². The first-order valence-corrected chi connectivity index (χ1v) is 4.81. The number of imidazole rings is 1. The lowest BCUT2D eigenvalue weighted by Crippen LogP contribution is -2.27. The van der Waals surface area contributed by atoms with Gasteiger partial charge in [-0.1, -0.05) is 0 Å². The van der Waals surface area contributed by atoms with Crippen molar-refractivity contribution in [3.63, 3.8) is 0 Å². The van der Waals surface area contributed by atoms with Gasteiger partial charge in [0.2, 0.25) is 0 Å². The molecule has 0 aromatic carbocycles. The Hall–Kier alpha value is -2.18. The lowest BCUT2D eigenvalue weighted by atomic mass is 10.3. The smallest absolute Gasteiger partial charge is 0.272 e. The second-order valence-corrected chi connectivity index (χ2v) is 3.49. The van der Waals surface area contributed by atoms with Crippen molar-refractivity contribution in [2.45, 2.75) is 13.0 Å². The van der Waals surface area contributed by atoms with E-state index in [-0.39, 0.29) is 11.9 Å². The zero-order chi connectivity index (χ0) is 11.5. The van der Waals surface area contributed by atoms with E-state index in [4.69, 9.17) is 0 Å². The fourth-order valence-electron chi connectivity index (χ4n) is 1.29. The summed E-state index contributed by atoms with van der Waals surface area (Å²) in [5.74, 6) is 0.383. The molecule has 0 bridgehead atoms. The van der Waals surface area contributed by atoms with Gasteiger partial charge < -0.3 is 9.88 Å². The van der Waals surface area contributed by atoms with Crippen LogP contribution in [-0.2, 0) is 7.05 Å². The Kier molecular flexibility index (Phi) is 2.67. The van der Waals surface area contributed by atoms with Crippen LogP contribution in [0.4, 0.5) is 0 Å². The Bertz CT molecular complexity index is 474. The zero-order valence-electron chi connectivity index (χ0n) is 9.01. The topological polar surface area (TPSA) is 88.5 Å². The number of hydrogen-bond acceptors (Lipinski definition) is 4. The molecular weight excluding hydrogens is 208 g/mol. The van der Waals surface area contributed by atoms with Crippen molar-refractivity contribution in [3.05, 3.63) is 30.4 Å². The van der Waals surface area contributed by atoms with Crippen molar-refractivity contribution in [3.8, 4) is 0 Å². The van der Waals surface area contributed by atoms with E-state index >= 15 is 0 Å². The molecule has 0 radical (unpaired) electrons. The normalized spacial score (nSPS) is 12.4. The highest BCUT2D eigenvalue weighted by Gasteiger charge is 2.14. The largest absolute Gasteiger partial charge is 0.341 e. The van der Waals surface area contributed by atoms with E-state index in [0.717, 1.165) is 0 Å². The van der Waals surface area contributed by atoms with Crippen LogP contribution >= 0.6 is 0 Å². The van der Waals surface area contributed by atoms with Crippen LogP contribution in [0.3, 0.4) is 0 Å². The molecule has 0 aliphatic rings. The van der Waals surface area contributed by atoms with Crippen molar-refractivity contribution in [2.75, 3.05) is 0 Å². The van der Waals surface area contributed by atoms with Gasteiger partial charge in [-0.05, 0) is 6.92 Å². The van der Waals surface area contributed by atoms with Gasteiger partial charge >= 0.3 is 0 Å². The van der Waals surface area contributed by atoms with Gasteiger partial charge in [-0.25, -0.2) is 9.97 Å². The number of aromatic amines is 1. The number of carbonyl (C=O) groups is 1. The van der Waals surface area contributed by atoms with Gasteiger partial charge in [-0.15, -0.1) is 0 Å². The number of carbonyl (C=O) groups excluding carboxylic acids is 1. The summed E-state index contributed by atoms with van der Waals surface area (Å²) >= 11 is 0. The number of H-pyrrole nitrogens is 1.